The summed E-state index contributed by atoms with van der Waals surface area (Å²) < 4.78 is 5.61. The zero-order valence-electron chi connectivity index (χ0n) is 18.0. The predicted molar refractivity (Wildman–Crippen MR) is 124 cm³/mol. The van der Waals surface area contributed by atoms with Crippen LogP contribution in [0.4, 0.5) is 11.5 Å². The van der Waals surface area contributed by atoms with E-state index < -0.39 is 0 Å². The first kappa shape index (κ1) is 20.8. The summed E-state index contributed by atoms with van der Waals surface area (Å²) in [5, 5.41) is 11.6. The summed E-state index contributed by atoms with van der Waals surface area (Å²) in [6, 6.07) is 19.4. The van der Waals surface area contributed by atoms with Crippen LogP contribution in [-0.4, -0.2) is 35.8 Å². The average molecular weight is 417 g/mol. The molecule has 0 spiro atoms. The number of rotatable bonds is 7. The molecule has 160 valence electrons. The van der Waals surface area contributed by atoms with Gasteiger partial charge < -0.3 is 15.0 Å². The molecule has 1 aliphatic rings. The van der Waals surface area contributed by atoms with Gasteiger partial charge in [-0.15, -0.1) is 10.2 Å². The molecule has 1 aliphatic heterocycles. The smallest absolute Gasteiger partial charge is 0.262 e. The van der Waals surface area contributed by atoms with Crippen LogP contribution < -0.4 is 15.0 Å². The van der Waals surface area contributed by atoms with Gasteiger partial charge in [0, 0.05) is 24.3 Å². The molecule has 0 radical (unpaired) electrons. The lowest BCUT2D eigenvalue weighted by Gasteiger charge is -2.15. The second-order valence-electron chi connectivity index (χ2n) is 8.11. The highest BCUT2D eigenvalue weighted by Crippen LogP contribution is 2.23. The maximum atomic E-state index is 12.3. The predicted octanol–water partition coefficient (Wildman–Crippen LogP) is 4.88. The van der Waals surface area contributed by atoms with E-state index in [9.17, 15) is 4.79 Å². The molecule has 0 aliphatic carbocycles. The molecule has 0 bridgehead atoms. The number of carbonyl (C=O) groups is 1. The van der Waals surface area contributed by atoms with Crippen molar-refractivity contribution in [1.29, 1.82) is 0 Å². The van der Waals surface area contributed by atoms with Crippen molar-refractivity contribution in [3.63, 3.8) is 0 Å². The molecule has 2 heterocycles. The minimum absolute atomic E-state index is 0.0460. The maximum absolute atomic E-state index is 12.3. The van der Waals surface area contributed by atoms with Gasteiger partial charge in [0.2, 0.25) is 0 Å². The summed E-state index contributed by atoms with van der Waals surface area (Å²) >= 11 is 0. The number of hydrogen-bond acceptors (Lipinski definition) is 5. The van der Waals surface area contributed by atoms with Crippen molar-refractivity contribution in [2.45, 2.75) is 32.6 Å². The molecule has 0 saturated carbocycles. The first-order valence-electron chi connectivity index (χ1n) is 10.8. The van der Waals surface area contributed by atoms with Gasteiger partial charge in [-0.2, -0.15) is 0 Å². The Morgan fingerprint density at radius 2 is 1.81 bits per heavy atom. The number of aromatic nitrogens is 2. The second kappa shape index (κ2) is 9.60. The molecular formula is C25H28N4O2. The van der Waals surface area contributed by atoms with Gasteiger partial charge in [0.1, 0.15) is 5.75 Å². The van der Waals surface area contributed by atoms with Gasteiger partial charge in [-0.1, -0.05) is 38.1 Å². The Labute approximate surface area is 183 Å². The largest absolute Gasteiger partial charge is 0.484 e. The van der Waals surface area contributed by atoms with Crippen LogP contribution in [0.5, 0.6) is 5.75 Å². The molecule has 2 aromatic carbocycles. The van der Waals surface area contributed by atoms with Crippen LogP contribution in [-0.2, 0) is 4.79 Å². The molecule has 31 heavy (non-hydrogen) atoms. The van der Waals surface area contributed by atoms with Crippen molar-refractivity contribution < 1.29 is 9.53 Å². The minimum atomic E-state index is -0.208. The number of benzene rings is 2. The normalized spacial score (nSPS) is 13.5. The Morgan fingerprint density at radius 1 is 1.03 bits per heavy atom. The van der Waals surface area contributed by atoms with E-state index in [1.165, 1.54) is 18.4 Å². The molecule has 6 nitrogen and oxygen atoms in total. The summed E-state index contributed by atoms with van der Waals surface area (Å²) in [7, 11) is 0. The lowest BCUT2D eigenvalue weighted by molar-refractivity contribution is -0.118. The molecule has 1 saturated heterocycles. The van der Waals surface area contributed by atoms with Crippen molar-refractivity contribution >= 4 is 17.4 Å². The maximum Gasteiger partial charge on any atom is 0.262 e. The zero-order chi connectivity index (χ0) is 21.6. The van der Waals surface area contributed by atoms with Crippen LogP contribution in [0.3, 0.4) is 0 Å². The van der Waals surface area contributed by atoms with Crippen molar-refractivity contribution in [2.24, 2.45) is 0 Å². The van der Waals surface area contributed by atoms with Gasteiger partial charge in [-0.3, -0.25) is 4.79 Å². The van der Waals surface area contributed by atoms with Crippen molar-refractivity contribution in [3.05, 3.63) is 66.2 Å². The Hall–Kier alpha value is -3.41. The van der Waals surface area contributed by atoms with Crippen molar-refractivity contribution in [2.75, 3.05) is 29.9 Å². The highest BCUT2D eigenvalue weighted by molar-refractivity contribution is 5.92. The Morgan fingerprint density at radius 3 is 2.48 bits per heavy atom. The van der Waals surface area contributed by atoms with Crippen LogP contribution in [0.15, 0.2) is 60.7 Å². The third-order valence-electron chi connectivity index (χ3n) is 5.44. The van der Waals surface area contributed by atoms with Gasteiger partial charge in [0.05, 0.1) is 5.69 Å². The van der Waals surface area contributed by atoms with E-state index in [1.807, 2.05) is 60.7 Å². The van der Waals surface area contributed by atoms with Crippen LogP contribution in [0.2, 0.25) is 0 Å². The third-order valence-corrected chi connectivity index (χ3v) is 5.44. The lowest BCUT2D eigenvalue weighted by Crippen LogP contribution is -2.20. The van der Waals surface area contributed by atoms with Crippen molar-refractivity contribution in [3.8, 4) is 17.0 Å². The van der Waals surface area contributed by atoms with E-state index in [4.69, 9.17) is 4.74 Å². The molecule has 0 atom stereocenters. The monoisotopic (exact) mass is 416 g/mol. The molecule has 6 heteroatoms. The molecular weight excluding hydrogens is 388 g/mol. The summed E-state index contributed by atoms with van der Waals surface area (Å²) in [5.74, 6) is 1.86. The average Bonchev–Trinajstić information content (AvgIpc) is 3.33. The quantitative estimate of drug-likeness (QED) is 0.594. The summed E-state index contributed by atoms with van der Waals surface area (Å²) in [5.41, 5.74) is 3.63. The number of anilines is 2. The number of carbonyl (C=O) groups excluding carboxylic acids is 1. The van der Waals surface area contributed by atoms with Crippen molar-refractivity contribution in [1.82, 2.24) is 10.2 Å². The fraction of sp³-hybridized carbons (Fsp3) is 0.320. The molecule has 0 unspecified atom stereocenters. The number of nitrogens with zero attached hydrogens (tertiary/aromatic N) is 3. The highest BCUT2D eigenvalue weighted by Gasteiger charge is 2.14. The van der Waals surface area contributed by atoms with Crippen LogP contribution in [0.1, 0.15) is 38.2 Å². The highest BCUT2D eigenvalue weighted by atomic mass is 16.5. The molecule has 3 aromatic rings. The third kappa shape index (κ3) is 5.40. The van der Waals surface area contributed by atoms with Crippen LogP contribution in [0.25, 0.3) is 11.3 Å². The summed E-state index contributed by atoms with van der Waals surface area (Å²) in [6.07, 6.45) is 2.41. The van der Waals surface area contributed by atoms with E-state index in [0.717, 1.165) is 30.2 Å². The van der Waals surface area contributed by atoms with E-state index in [2.05, 4.69) is 34.3 Å². The number of hydrogen-bond donors (Lipinski definition) is 1. The van der Waals surface area contributed by atoms with E-state index in [0.29, 0.717) is 17.4 Å². The lowest BCUT2D eigenvalue weighted by atomic mass is 10.0. The minimum Gasteiger partial charge on any atom is -0.484 e. The number of nitrogens with one attached hydrogen (secondary N) is 1. The Balaban J connectivity index is 1.35. The van der Waals surface area contributed by atoms with Gasteiger partial charge in [-0.25, -0.2) is 0 Å². The SMILES string of the molecule is CC(C)c1ccc(OCC(=O)Nc2cccc(-c3ccc(N4CCCC4)nn3)c2)cc1. The molecule has 4 rings (SSSR count). The fourth-order valence-corrected chi connectivity index (χ4v) is 3.65. The van der Waals surface area contributed by atoms with E-state index in [1.54, 1.807) is 0 Å². The Kier molecular flexibility index (Phi) is 6.46. The van der Waals surface area contributed by atoms with Gasteiger partial charge >= 0.3 is 0 Å². The number of ether oxygens (including phenoxy) is 1. The van der Waals surface area contributed by atoms with E-state index in [-0.39, 0.29) is 12.5 Å². The first-order chi connectivity index (χ1) is 15.1. The second-order valence-corrected chi connectivity index (χ2v) is 8.11. The fourth-order valence-electron chi connectivity index (χ4n) is 3.65. The van der Waals surface area contributed by atoms with Gasteiger partial charge in [0.25, 0.3) is 5.91 Å². The van der Waals surface area contributed by atoms with Crippen LogP contribution >= 0.6 is 0 Å². The molecule has 1 fully saturated rings. The standard InChI is InChI=1S/C25H28N4O2/c1-18(2)19-8-10-22(11-9-19)31-17-25(30)26-21-7-5-6-20(16-21)23-12-13-24(28-27-23)29-14-3-4-15-29/h5-13,16,18H,3-4,14-15,17H2,1-2H3,(H,26,30). The molecule has 1 aromatic heterocycles. The van der Waals surface area contributed by atoms with Gasteiger partial charge in [0.15, 0.2) is 12.4 Å². The zero-order valence-corrected chi connectivity index (χ0v) is 18.0. The first-order valence-corrected chi connectivity index (χ1v) is 10.8. The van der Waals surface area contributed by atoms with Gasteiger partial charge in [-0.05, 0) is 60.7 Å². The topological polar surface area (TPSA) is 67.3 Å². The van der Waals surface area contributed by atoms with E-state index >= 15 is 0 Å². The van der Waals surface area contributed by atoms with Crippen LogP contribution in [0, 0.1) is 0 Å². The Bertz CT molecular complexity index is 1010. The molecule has 1 N–H and O–H groups in total. The summed E-state index contributed by atoms with van der Waals surface area (Å²) in [6.45, 7) is 6.32. The molecule has 1 amide bonds. The number of amides is 1. The summed E-state index contributed by atoms with van der Waals surface area (Å²) in [4.78, 5) is 14.6.